The number of rotatable bonds is 3. The Balaban J connectivity index is 2.82. The van der Waals surface area contributed by atoms with E-state index in [0.717, 1.165) is 19.3 Å². The van der Waals surface area contributed by atoms with Crippen LogP contribution in [0.3, 0.4) is 0 Å². The molecule has 0 aromatic heterocycles. The van der Waals surface area contributed by atoms with Crippen LogP contribution in [0.25, 0.3) is 0 Å². The first-order valence-corrected chi connectivity index (χ1v) is 6.46. The van der Waals surface area contributed by atoms with Crippen LogP contribution < -0.4 is 0 Å². The summed E-state index contributed by atoms with van der Waals surface area (Å²) in [5.41, 5.74) is -1.36. The number of hydrogen-bond acceptors (Lipinski definition) is 3. The van der Waals surface area contributed by atoms with Crippen LogP contribution in [0.2, 0.25) is 0 Å². The minimum absolute atomic E-state index is 0.659. The molecule has 1 aliphatic heterocycles. The van der Waals surface area contributed by atoms with Crippen molar-refractivity contribution in [1.29, 1.82) is 0 Å². The molecule has 0 amide bonds. The molecule has 0 radical (unpaired) electrons. The summed E-state index contributed by atoms with van der Waals surface area (Å²) >= 11 is 0. The topological polar surface area (TPSA) is 55.8 Å². The molecule has 4 nitrogen and oxygen atoms in total. The zero-order valence-corrected chi connectivity index (χ0v) is 10.1. The summed E-state index contributed by atoms with van der Waals surface area (Å²) < 4.78 is 21.5. The van der Waals surface area contributed by atoms with Crippen LogP contribution in [0.1, 0.15) is 47.0 Å². The average Bonchev–Trinajstić information content (AvgIpc) is 2.12. The van der Waals surface area contributed by atoms with Crippen molar-refractivity contribution in [2.45, 2.75) is 58.2 Å². The van der Waals surface area contributed by atoms with Crippen LogP contribution in [0, 0.1) is 0 Å². The first-order valence-electron chi connectivity index (χ1n) is 4.97. The van der Waals surface area contributed by atoms with Crippen molar-refractivity contribution in [3.8, 4) is 0 Å². The zero-order valence-electron chi connectivity index (χ0n) is 9.24. The maximum atomic E-state index is 11.3. The van der Waals surface area contributed by atoms with E-state index in [1.165, 1.54) is 0 Å². The van der Waals surface area contributed by atoms with E-state index in [1.807, 2.05) is 6.92 Å². The van der Waals surface area contributed by atoms with E-state index in [-0.39, 0.29) is 0 Å². The quantitative estimate of drug-likeness (QED) is 0.746. The van der Waals surface area contributed by atoms with Gasteiger partial charge in [0.05, 0.1) is 0 Å². The minimum Gasteiger partial charge on any atom is -0.302 e. The molecule has 1 saturated heterocycles. The molecule has 5 heteroatoms. The normalized spacial score (nSPS) is 41.5. The molecule has 0 spiro atoms. The molecule has 2 atom stereocenters. The second kappa shape index (κ2) is 3.60. The predicted octanol–water partition coefficient (Wildman–Crippen LogP) is 2.86. The molecule has 0 saturated carbocycles. The van der Waals surface area contributed by atoms with Crippen LogP contribution >= 0.6 is 7.82 Å². The average molecular weight is 222 g/mol. The van der Waals surface area contributed by atoms with Gasteiger partial charge in [0, 0.05) is 0 Å². The molecule has 14 heavy (non-hydrogen) atoms. The lowest BCUT2D eigenvalue weighted by molar-refractivity contribution is -0.0169. The highest BCUT2D eigenvalue weighted by Gasteiger charge is 2.57. The molecular weight excluding hydrogens is 203 g/mol. The van der Waals surface area contributed by atoms with E-state index in [1.54, 1.807) is 13.8 Å². The molecule has 0 bridgehead atoms. The Morgan fingerprint density at radius 2 is 1.86 bits per heavy atom. The summed E-state index contributed by atoms with van der Waals surface area (Å²) in [5, 5.41) is 0. The van der Waals surface area contributed by atoms with Gasteiger partial charge in [0.25, 0.3) is 0 Å². The van der Waals surface area contributed by atoms with E-state index in [2.05, 4.69) is 6.92 Å². The standard InChI is InChI=1S/C9H19O4P/c1-5-6-7-9(4)8(2,3)12-14(10,11)13-9/h5-7H2,1-4H3,(H,10,11). The van der Waals surface area contributed by atoms with Gasteiger partial charge in [-0.1, -0.05) is 19.8 Å². The lowest BCUT2D eigenvalue weighted by Gasteiger charge is -2.33. The molecule has 0 aromatic rings. The largest absolute Gasteiger partial charge is 0.473 e. The maximum absolute atomic E-state index is 11.3. The highest BCUT2D eigenvalue weighted by Crippen LogP contribution is 2.62. The Bertz CT molecular complexity index is 264. The Morgan fingerprint density at radius 3 is 2.21 bits per heavy atom. The van der Waals surface area contributed by atoms with Crippen LogP contribution in [-0.2, 0) is 13.6 Å². The lowest BCUT2D eigenvalue weighted by Crippen LogP contribution is -2.44. The van der Waals surface area contributed by atoms with Gasteiger partial charge in [0.1, 0.15) is 11.2 Å². The molecule has 1 fully saturated rings. The van der Waals surface area contributed by atoms with Crippen molar-refractivity contribution in [1.82, 2.24) is 0 Å². The van der Waals surface area contributed by atoms with E-state index in [4.69, 9.17) is 9.05 Å². The third-order valence-corrected chi connectivity index (χ3v) is 4.26. The van der Waals surface area contributed by atoms with Crippen molar-refractivity contribution < 1.29 is 18.5 Å². The monoisotopic (exact) mass is 222 g/mol. The van der Waals surface area contributed by atoms with Gasteiger partial charge in [-0.3, -0.25) is 9.05 Å². The van der Waals surface area contributed by atoms with E-state index in [0.29, 0.717) is 0 Å². The molecule has 1 heterocycles. The number of unbranched alkanes of at least 4 members (excludes halogenated alkanes) is 1. The Morgan fingerprint density at radius 1 is 1.29 bits per heavy atom. The van der Waals surface area contributed by atoms with Crippen molar-refractivity contribution in [3.05, 3.63) is 0 Å². The van der Waals surface area contributed by atoms with Crippen molar-refractivity contribution >= 4 is 7.82 Å². The number of phosphoric ester groups is 1. The third-order valence-electron chi connectivity index (χ3n) is 2.94. The van der Waals surface area contributed by atoms with Crippen molar-refractivity contribution in [2.24, 2.45) is 0 Å². The van der Waals surface area contributed by atoms with Gasteiger partial charge in [0.15, 0.2) is 0 Å². The lowest BCUT2D eigenvalue weighted by atomic mass is 9.83. The van der Waals surface area contributed by atoms with Gasteiger partial charge in [-0.05, 0) is 27.2 Å². The van der Waals surface area contributed by atoms with Crippen LogP contribution in [-0.4, -0.2) is 16.1 Å². The zero-order chi connectivity index (χ0) is 11.0. The fourth-order valence-corrected chi connectivity index (χ4v) is 3.26. The molecule has 0 aliphatic carbocycles. The summed E-state index contributed by atoms with van der Waals surface area (Å²) in [5.74, 6) is 0. The Hall–Kier alpha value is 0.110. The number of phosphoric acid groups is 1. The van der Waals surface area contributed by atoms with Gasteiger partial charge in [-0.25, -0.2) is 4.57 Å². The molecule has 84 valence electrons. The summed E-state index contributed by atoms with van der Waals surface area (Å²) in [4.78, 5) is 9.28. The minimum atomic E-state index is -3.83. The van der Waals surface area contributed by atoms with Crippen molar-refractivity contribution in [3.63, 3.8) is 0 Å². The SMILES string of the molecule is CCCCC1(C)OP(=O)(O)OC1(C)C. The van der Waals surface area contributed by atoms with E-state index in [9.17, 15) is 9.46 Å². The smallest absolute Gasteiger partial charge is 0.302 e. The van der Waals surface area contributed by atoms with Crippen LogP contribution in [0.4, 0.5) is 0 Å². The highest BCUT2D eigenvalue weighted by molar-refractivity contribution is 7.47. The fraction of sp³-hybridized carbons (Fsp3) is 1.00. The second-order valence-corrected chi connectivity index (χ2v) is 5.80. The number of hydrogen-bond donors (Lipinski definition) is 1. The van der Waals surface area contributed by atoms with E-state index >= 15 is 0 Å². The summed E-state index contributed by atoms with van der Waals surface area (Å²) in [6, 6.07) is 0. The molecule has 1 N–H and O–H groups in total. The first-order chi connectivity index (χ1) is 6.22. The molecule has 2 unspecified atom stereocenters. The van der Waals surface area contributed by atoms with Gasteiger partial charge in [-0.15, -0.1) is 0 Å². The predicted molar refractivity (Wildman–Crippen MR) is 54.0 cm³/mol. The van der Waals surface area contributed by atoms with Gasteiger partial charge in [-0.2, -0.15) is 0 Å². The molecule has 1 aliphatic rings. The fourth-order valence-electron chi connectivity index (χ4n) is 1.63. The molecule has 0 aromatic carbocycles. The maximum Gasteiger partial charge on any atom is 0.473 e. The van der Waals surface area contributed by atoms with Crippen LogP contribution in [0.5, 0.6) is 0 Å². The first kappa shape index (κ1) is 12.2. The second-order valence-electron chi connectivity index (χ2n) is 4.50. The van der Waals surface area contributed by atoms with Gasteiger partial charge < -0.3 is 4.89 Å². The molecular formula is C9H19O4P. The summed E-state index contributed by atoms with van der Waals surface area (Å²) in [7, 11) is -3.83. The van der Waals surface area contributed by atoms with Gasteiger partial charge in [0.2, 0.25) is 0 Å². The van der Waals surface area contributed by atoms with Crippen LogP contribution in [0.15, 0.2) is 0 Å². The highest BCUT2D eigenvalue weighted by atomic mass is 31.2. The van der Waals surface area contributed by atoms with Crippen molar-refractivity contribution in [2.75, 3.05) is 0 Å². The molecule has 1 rings (SSSR count). The van der Waals surface area contributed by atoms with Gasteiger partial charge >= 0.3 is 7.82 Å². The Labute approximate surface area is 85.2 Å². The third kappa shape index (κ3) is 2.19. The summed E-state index contributed by atoms with van der Waals surface area (Å²) in [6.45, 7) is 7.49. The Kier molecular flexibility index (Phi) is 3.13. The van der Waals surface area contributed by atoms with E-state index < -0.39 is 19.0 Å². The summed E-state index contributed by atoms with van der Waals surface area (Å²) in [6.07, 6.45) is 2.73.